The molecule has 1 aliphatic heterocycles. The summed E-state index contributed by atoms with van der Waals surface area (Å²) in [5.41, 5.74) is -0.0775. The molecule has 126 valence electrons. The van der Waals surface area contributed by atoms with Gasteiger partial charge in [0.05, 0.1) is 5.92 Å². The molecule has 1 aromatic carbocycles. The molecule has 0 spiro atoms. The number of hydrogen-bond acceptors (Lipinski definition) is 6. The van der Waals surface area contributed by atoms with Crippen LogP contribution < -0.4 is 5.63 Å². The number of benzene rings is 1. The van der Waals surface area contributed by atoms with Crippen LogP contribution in [0.5, 0.6) is 0 Å². The van der Waals surface area contributed by atoms with Crippen LogP contribution >= 0.6 is 0 Å². The van der Waals surface area contributed by atoms with Gasteiger partial charge in [-0.15, -0.1) is 0 Å². The molecule has 25 heavy (non-hydrogen) atoms. The largest absolute Gasteiger partial charge is 0.422 e. The Labute approximate surface area is 142 Å². The number of carbonyl (C=O) groups excluding carboxylic acids is 1. The fourth-order valence-corrected chi connectivity index (χ4v) is 3.10. The summed E-state index contributed by atoms with van der Waals surface area (Å²) < 4.78 is 10.5. The lowest BCUT2D eigenvalue weighted by molar-refractivity contribution is 0.0565. The van der Waals surface area contributed by atoms with E-state index in [9.17, 15) is 9.59 Å². The van der Waals surface area contributed by atoms with Crippen LogP contribution in [0.15, 0.2) is 44.1 Å². The summed E-state index contributed by atoms with van der Waals surface area (Å²) in [6, 6.07) is 8.73. The van der Waals surface area contributed by atoms with Gasteiger partial charge in [0.15, 0.2) is 5.82 Å². The lowest BCUT2D eigenvalue weighted by Crippen LogP contribution is -2.49. The first-order valence-electron chi connectivity index (χ1n) is 8.35. The third-order valence-corrected chi connectivity index (χ3v) is 4.79. The number of nitrogens with zero attached hydrogens (tertiary/aromatic N) is 3. The summed E-state index contributed by atoms with van der Waals surface area (Å²) in [6.07, 6.45) is 2.23. The zero-order chi connectivity index (χ0) is 17.0. The number of hydrogen-bond donors (Lipinski definition) is 0. The number of para-hydroxylation sites is 1. The zero-order valence-corrected chi connectivity index (χ0v) is 13.3. The SMILES string of the molecule is O=C(c1cc2ccccc2oc1=O)N1CC(c2nc(C3CC3)no2)C1. The van der Waals surface area contributed by atoms with Crippen LogP contribution in [0.4, 0.5) is 0 Å². The van der Waals surface area contributed by atoms with E-state index in [1.165, 1.54) is 0 Å². The van der Waals surface area contributed by atoms with Crippen LogP contribution in [0, 0.1) is 0 Å². The van der Waals surface area contributed by atoms with Crippen LogP contribution in [0.3, 0.4) is 0 Å². The molecule has 0 unspecified atom stereocenters. The molecule has 1 saturated carbocycles. The number of likely N-dealkylation sites (tertiary alicyclic amines) is 1. The molecule has 0 N–H and O–H groups in total. The molecule has 7 nitrogen and oxygen atoms in total. The fraction of sp³-hybridized carbons (Fsp3) is 0.333. The Morgan fingerprint density at radius 2 is 1.96 bits per heavy atom. The van der Waals surface area contributed by atoms with E-state index in [1.54, 1.807) is 23.1 Å². The lowest BCUT2D eigenvalue weighted by Gasteiger charge is -2.36. The molecular formula is C18H15N3O4. The highest BCUT2D eigenvalue weighted by Gasteiger charge is 2.38. The van der Waals surface area contributed by atoms with Gasteiger partial charge in [-0.2, -0.15) is 4.98 Å². The van der Waals surface area contributed by atoms with Crippen molar-refractivity contribution in [2.75, 3.05) is 13.1 Å². The second-order valence-corrected chi connectivity index (χ2v) is 6.66. The topological polar surface area (TPSA) is 89.4 Å². The van der Waals surface area contributed by atoms with Crippen LogP contribution in [0.2, 0.25) is 0 Å². The van der Waals surface area contributed by atoms with Gasteiger partial charge >= 0.3 is 5.63 Å². The summed E-state index contributed by atoms with van der Waals surface area (Å²) in [4.78, 5) is 30.7. The minimum absolute atomic E-state index is 0.0384. The van der Waals surface area contributed by atoms with Crippen LogP contribution in [-0.4, -0.2) is 34.0 Å². The van der Waals surface area contributed by atoms with Gasteiger partial charge in [0, 0.05) is 24.4 Å². The van der Waals surface area contributed by atoms with E-state index in [-0.39, 0.29) is 17.4 Å². The van der Waals surface area contributed by atoms with Crippen LogP contribution in [0.25, 0.3) is 11.0 Å². The number of carbonyl (C=O) groups is 1. The predicted octanol–water partition coefficient (Wildman–Crippen LogP) is 2.29. The van der Waals surface area contributed by atoms with E-state index in [0.717, 1.165) is 24.1 Å². The Balaban J connectivity index is 1.34. The summed E-state index contributed by atoms with van der Waals surface area (Å²) in [6.45, 7) is 0.939. The summed E-state index contributed by atoms with van der Waals surface area (Å²) in [7, 11) is 0. The van der Waals surface area contributed by atoms with Gasteiger partial charge in [0.1, 0.15) is 11.1 Å². The smallest absolute Gasteiger partial charge is 0.349 e. The highest BCUT2D eigenvalue weighted by molar-refractivity contribution is 5.97. The fourth-order valence-electron chi connectivity index (χ4n) is 3.10. The maximum Gasteiger partial charge on any atom is 0.349 e. The van der Waals surface area contributed by atoms with Gasteiger partial charge in [0.25, 0.3) is 5.91 Å². The number of amides is 1. The summed E-state index contributed by atoms with van der Waals surface area (Å²) in [5.74, 6) is 1.51. The van der Waals surface area contributed by atoms with Gasteiger partial charge in [0.2, 0.25) is 5.89 Å². The molecule has 1 saturated heterocycles. The quantitative estimate of drug-likeness (QED) is 0.681. The molecule has 2 aliphatic rings. The normalized spacial score (nSPS) is 17.7. The molecule has 3 heterocycles. The second-order valence-electron chi connectivity index (χ2n) is 6.66. The van der Waals surface area contributed by atoms with Crippen molar-refractivity contribution in [1.29, 1.82) is 0 Å². The van der Waals surface area contributed by atoms with Crippen molar-refractivity contribution in [2.24, 2.45) is 0 Å². The minimum Gasteiger partial charge on any atom is -0.422 e. The molecule has 1 amide bonds. The number of aromatic nitrogens is 2. The molecule has 0 bridgehead atoms. The van der Waals surface area contributed by atoms with Gasteiger partial charge in [-0.3, -0.25) is 4.79 Å². The average Bonchev–Trinajstić information content (AvgIpc) is 3.32. The second kappa shape index (κ2) is 5.27. The Morgan fingerprint density at radius 1 is 1.16 bits per heavy atom. The highest BCUT2D eigenvalue weighted by Crippen LogP contribution is 2.39. The molecular weight excluding hydrogens is 322 g/mol. The summed E-state index contributed by atoms with van der Waals surface area (Å²) in [5, 5.41) is 4.73. The van der Waals surface area contributed by atoms with Crippen LogP contribution in [-0.2, 0) is 0 Å². The van der Waals surface area contributed by atoms with E-state index in [4.69, 9.17) is 8.94 Å². The first-order chi connectivity index (χ1) is 12.2. The predicted molar refractivity (Wildman–Crippen MR) is 87.4 cm³/mol. The third kappa shape index (κ3) is 2.43. The molecule has 0 atom stereocenters. The highest BCUT2D eigenvalue weighted by atomic mass is 16.5. The molecule has 1 aliphatic carbocycles. The van der Waals surface area contributed by atoms with Crippen molar-refractivity contribution in [3.05, 3.63) is 58.0 Å². The minimum atomic E-state index is -0.610. The van der Waals surface area contributed by atoms with E-state index in [0.29, 0.717) is 30.5 Å². The Bertz CT molecular complexity index is 1030. The number of rotatable bonds is 3. The van der Waals surface area contributed by atoms with Gasteiger partial charge in [-0.25, -0.2) is 4.79 Å². The van der Waals surface area contributed by atoms with Crippen molar-refractivity contribution >= 4 is 16.9 Å². The molecule has 5 rings (SSSR count). The standard InChI is InChI=1S/C18H15N3O4/c22-17(13-7-11-3-1-2-4-14(11)24-18(13)23)21-8-12(9-21)16-19-15(20-25-16)10-5-6-10/h1-4,7,10,12H,5-6,8-9H2. The Morgan fingerprint density at radius 3 is 2.76 bits per heavy atom. The lowest BCUT2D eigenvalue weighted by atomic mass is 9.99. The molecule has 0 radical (unpaired) electrons. The van der Waals surface area contributed by atoms with Crippen LogP contribution in [0.1, 0.15) is 46.8 Å². The van der Waals surface area contributed by atoms with E-state index in [2.05, 4.69) is 10.1 Å². The Kier molecular flexibility index (Phi) is 3.03. The third-order valence-electron chi connectivity index (χ3n) is 4.79. The first kappa shape index (κ1) is 14.4. The maximum absolute atomic E-state index is 12.6. The average molecular weight is 337 g/mol. The maximum atomic E-state index is 12.6. The van der Waals surface area contributed by atoms with Gasteiger partial charge in [-0.1, -0.05) is 23.4 Å². The monoisotopic (exact) mass is 337 g/mol. The van der Waals surface area contributed by atoms with Crippen molar-refractivity contribution < 1.29 is 13.7 Å². The molecule has 2 fully saturated rings. The first-order valence-corrected chi connectivity index (χ1v) is 8.35. The van der Waals surface area contributed by atoms with Crippen molar-refractivity contribution in [2.45, 2.75) is 24.7 Å². The Hall–Kier alpha value is -2.96. The van der Waals surface area contributed by atoms with E-state index in [1.807, 2.05) is 12.1 Å². The van der Waals surface area contributed by atoms with E-state index < -0.39 is 5.63 Å². The summed E-state index contributed by atoms with van der Waals surface area (Å²) >= 11 is 0. The van der Waals surface area contributed by atoms with E-state index >= 15 is 0 Å². The van der Waals surface area contributed by atoms with Crippen molar-refractivity contribution in [3.63, 3.8) is 0 Å². The molecule has 3 aromatic rings. The molecule has 7 heteroatoms. The van der Waals surface area contributed by atoms with Crippen molar-refractivity contribution in [3.8, 4) is 0 Å². The zero-order valence-electron chi connectivity index (χ0n) is 13.3. The molecule has 2 aromatic heterocycles. The van der Waals surface area contributed by atoms with Gasteiger partial charge < -0.3 is 13.8 Å². The number of fused-ring (bicyclic) bond motifs is 1. The van der Waals surface area contributed by atoms with Gasteiger partial charge in [-0.05, 0) is 25.0 Å². The van der Waals surface area contributed by atoms with Crippen molar-refractivity contribution in [1.82, 2.24) is 15.0 Å².